The van der Waals surface area contributed by atoms with Gasteiger partial charge in [0.15, 0.2) is 0 Å². The molecule has 2 aromatic rings. The van der Waals surface area contributed by atoms with Gasteiger partial charge in [-0.05, 0) is 106 Å². The van der Waals surface area contributed by atoms with E-state index >= 15 is 0 Å². The molecule has 2 amide bonds. The van der Waals surface area contributed by atoms with Crippen LogP contribution in [0.1, 0.15) is 75.8 Å². The number of amides is 2. The van der Waals surface area contributed by atoms with Crippen molar-refractivity contribution in [3.63, 3.8) is 0 Å². The van der Waals surface area contributed by atoms with Gasteiger partial charge in [0.25, 0.3) is 0 Å². The van der Waals surface area contributed by atoms with Gasteiger partial charge in [0.05, 0.1) is 16.7 Å². The first-order valence-corrected chi connectivity index (χ1v) is 13.9. The molecule has 4 rings (SSSR count). The Kier molecular flexibility index (Phi) is 13.6. The van der Waals surface area contributed by atoms with Crippen LogP contribution >= 0.6 is 11.6 Å². The van der Waals surface area contributed by atoms with E-state index in [4.69, 9.17) is 16.9 Å². The van der Waals surface area contributed by atoms with Crippen LogP contribution in [0.15, 0.2) is 42.5 Å². The van der Waals surface area contributed by atoms with Crippen molar-refractivity contribution in [3.05, 3.63) is 64.4 Å². The highest BCUT2D eigenvalue weighted by molar-refractivity contribution is 6.31. The number of hydrogen-bond acceptors (Lipinski definition) is 4. The second kappa shape index (κ2) is 16.7. The molecule has 1 aliphatic heterocycles. The second-order valence-electron chi connectivity index (χ2n) is 9.40. The Hall–Kier alpha value is -3.13. The highest BCUT2D eigenvalue weighted by atomic mass is 35.5. The van der Waals surface area contributed by atoms with Gasteiger partial charge in [0.1, 0.15) is 5.82 Å². The molecule has 6 nitrogen and oxygen atoms in total. The van der Waals surface area contributed by atoms with Gasteiger partial charge in [0, 0.05) is 24.8 Å². The third-order valence-electron chi connectivity index (χ3n) is 7.13. The fourth-order valence-corrected chi connectivity index (χ4v) is 5.45. The number of likely N-dealkylation sites (tertiary alicyclic amines) is 1. The van der Waals surface area contributed by atoms with Crippen molar-refractivity contribution in [3.8, 4) is 12.6 Å². The predicted molar refractivity (Wildman–Crippen MR) is 152 cm³/mol. The van der Waals surface area contributed by atoms with Crippen LogP contribution in [0.5, 0.6) is 0 Å². The van der Waals surface area contributed by atoms with Crippen LogP contribution in [0.3, 0.4) is 0 Å². The maximum absolute atomic E-state index is 13.5. The summed E-state index contributed by atoms with van der Waals surface area (Å²) in [4.78, 5) is 17.7. The standard InChI is InChI=1S/C27H32ClFN4O.C2H6.CHN/c28-25-18-23(9-12-26(25)29)31-27(34)33(16-4-15-32-13-1-2-14-32)24-10-7-21(8-11-24)22-6-3-5-20(17-22)19-30;2*1-2/h3,5-6,9,12,17-18,21,24H,1-2,4,7-8,10-11,13-16H2,(H,31,34);1-2H3;1H. The van der Waals surface area contributed by atoms with E-state index in [-0.39, 0.29) is 17.1 Å². The molecule has 1 saturated heterocycles. The Morgan fingerprint density at radius 1 is 1.13 bits per heavy atom. The zero-order valence-electron chi connectivity index (χ0n) is 22.5. The molecule has 1 saturated carbocycles. The van der Waals surface area contributed by atoms with Crippen molar-refractivity contribution in [2.24, 2.45) is 0 Å². The average Bonchev–Trinajstić information content (AvgIpc) is 3.49. The normalized spacial score (nSPS) is 18.7. The van der Waals surface area contributed by atoms with Gasteiger partial charge in [0.2, 0.25) is 0 Å². The molecule has 1 aliphatic carbocycles. The highest BCUT2D eigenvalue weighted by Gasteiger charge is 2.30. The Morgan fingerprint density at radius 2 is 1.82 bits per heavy atom. The lowest BCUT2D eigenvalue weighted by atomic mass is 9.81. The monoisotopic (exact) mass is 539 g/mol. The van der Waals surface area contributed by atoms with Crippen LogP contribution in [0.4, 0.5) is 14.9 Å². The number of benzene rings is 2. The zero-order valence-corrected chi connectivity index (χ0v) is 23.3. The van der Waals surface area contributed by atoms with Crippen LogP contribution in [0, 0.1) is 29.0 Å². The lowest BCUT2D eigenvalue weighted by Gasteiger charge is -2.37. The number of nitriles is 2. The first-order chi connectivity index (χ1) is 18.5. The van der Waals surface area contributed by atoms with E-state index in [1.807, 2.05) is 36.9 Å². The average molecular weight is 540 g/mol. The van der Waals surface area contributed by atoms with Crippen LogP contribution in [-0.2, 0) is 0 Å². The minimum absolute atomic E-state index is 0.00140. The van der Waals surface area contributed by atoms with E-state index in [2.05, 4.69) is 28.9 Å². The summed E-state index contributed by atoms with van der Waals surface area (Å²) >= 11 is 5.91. The lowest BCUT2D eigenvalue weighted by molar-refractivity contribution is 0.157. The molecule has 0 spiro atoms. The van der Waals surface area contributed by atoms with Crippen LogP contribution < -0.4 is 5.32 Å². The molecule has 2 fully saturated rings. The first kappa shape index (κ1) is 31.1. The number of carbonyl (C=O) groups excluding carboxylic acids is 1. The van der Waals surface area contributed by atoms with Crippen LogP contribution in [0.25, 0.3) is 0 Å². The number of nitrogens with zero attached hydrogens (tertiary/aromatic N) is 4. The summed E-state index contributed by atoms with van der Waals surface area (Å²) in [6.07, 6.45) is 7.25. The fourth-order valence-electron chi connectivity index (χ4n) is 5.27. The van der Waals surface area contributed by atoms with E-state index in [1.165, 1.54) is 30.5 Å². The summed E-state index contributed by atoms with van der Waals surface area (Å²) in [6, 6.07) is 14.4. The molecule has 0 radical (unpaired) electrons. The Balaban J connectivity index is 0.00000121. The molecule has 2 aliphatic rings. The summed E-state index contributed by atoms with van der Waals surface area (Å²) in [5, 5.41) is 18.6. The molecule has 1 N–H and O–H groups in total. The smallest absolute Gasteiger partial charge is 0.322 e. The molecule has 0 atom stereocenters. The van der Waals surface area contributed by atoms with E-state index < -0.39 is 5.82 Å². The van der Waals surface area contributed by atoms with Crippen molar-refractivity contribution in [2.75, 3.05) is 31.5 Å². The number of hydrogen-bond donors (Lipinski definition) is 1. The Bertz CT molecular complexity index is 1070. The fraction of sp³-hybridized carbons (Fsp3) is 0.500. The van der Waals surface area contributed by atoms with Gasteiger partial charge >= 0.3 is 6.03 Å². The molecule has 38 heavy (non-hydrogen) atoms. The summed E-state index contributed by atoms with van der Waals surface area (Å²) in [5.41, 5.74) is 2.41. The molecular formula is C30H39ClFN5O. The summed E-state index contributed by atoms with van der Waals surface area (Å²) in [5.74, 6) is -0.0871. The minimum Gasteiger partial charge on any atom is -0.322 e. The molecule has 0 unspecified atom stereocenters. The van der Waals surface area contributed by atoms with E-state index in [0.717, 1.165) is 51.7 Å². The van der Waals surface area contributed by atoms with Gasteiger partial charge in [-0.1, -0.05) is 37.6 Å². The first-order valence-electron chi connectivity index (χ1n) is 13.5. The predicted octanol–water partition coefficient (Wildman–Crippen LogP) is 7.56. The minimum atomic E-state index is -0.499. The van der Waals surface area contributed by atoms with Crippen molar-refractivity contribution in [1.29, 1.82) is 10.5 Å². The van der Waals surface area contributed by atoms with E-state index in [1.54, 1.807) is 6.07 Å². The summed E-state index contributed by atoms with van der Waals surface area (Å²) in [7, 11) is 0. The van der Waals surface area contributed by atoms with Gasteiger partial charge in [-0.25, -0.2) is 14.4 Å². The number of anilines is 1. The van der Waals surface area contributed by atoms with Crippen molar-refractivity contribution in [2.45, 2.75) is 70.8 Å². The summed E-state index contributed by atoms with van der Waals surface area (Å²) in [6.45, 7) is 11.5. The number of urea groups is 1. The van der Waals surface area contributed by atoms with Gasteiger partial charge in [-0.2, -0.15) is 5.26 Å². The molecular weight excluding hydrogens is 501 g/mol. The number of halogens is 2. The molecule has 1 heterocycles. The third kappa shape index (κ3) is 9.01. The Labute approximate surface area is 232 Å². The summed E-state index contributed by atoms with van der Waals surface area (Å²) < 4.78 is 13.5. The largest absolute Gasteiger partial charge is 0.322 e. The van der Waals surface area contributed by atoms with Crippen molar-refractivity contribution in [1.82, 2.24) is 9.80 Å². The number of rotatable bonds is 7. The maximum Gasteiger partial charge on any atom is 0.322 e. The van der Waals surface area contributed by atoms with Gasteiger partial charge in [-0.15, -0.1) is 0 Å². The topological polar surface area (TPSA) is 83.2 Å². The van der Waals surface area contributed by atoms with E-state index in [0.29, 0.717) is 23.7 Å². The van der Waals surface area contributed by atoms with E-state index in [9.17, 15) is 14.4 Å². The third-order valence-corrected chi connectivity index (χ3v) is 7.42. The Morgan fingerprint density at radius 3 is 2.45 bits per heavy atom. The number of carbonyl (C=O) groups is 1. The van der Waals surface area contributed by atoms with Crippen LogP contribution in [0.2, 0.25) is 5.02 Å². The van der Waals surface area contributed by atoms with Gasteiger partial charge in [-0.3, -0.25) is 0 Å². The highest BCUT2D eigenvalue weighted by Crippen LogP contribution is 2.35. The lowest BCUT2D eigenvalue weighted by Crippen LogP contribution is -2.45. The SMILES string of the molecule is C#N.CC.N#Cc1cccc(C2CCC(N(CCCN3CCCC3)C(=O)Nc3ccc(F)c(Cl)c3)CC2)c1. The second-order valence-corrected chi connectivity index (χ2v) is 9.80. The van der Waals surface area contributed by atoms with Crippen LogP contribution in [-0.4, -0.2) is 48.1 Å². The maximum atomic E-state index is 13.5. The van der Waals surface area contributed by atoms with Crippen molar-refractivity contribution >= 4 is 23.3 Å². The molecule has 0 aromatic heterocycles. The molecule has 0 bridgehead atoms. The number of nitrogens with one attached hydrogen (secondary N) is 1. The zero-order chi connectivity index (χ0) is 27.9. The van der Waals surface area contributed by atoms with Gasteiger partial charge < -0.3 is 15.1 Å². The molecule has 204 valence electrons. The molecule has 8 heteroatoms. The quantitative estimate of drug-likeness (QED) is 0.393. The molecule has 2 aromatic carbocycles. The van der Waals surface area contributed by atoms with Crippen molar-refractivity contribution < 1.29 is 9.18 Å².